The minimum atomic E-state index is 0.177. The van der Waals surface area contributed by atoms with Crippen molar-refractivity contribution in [2.24, 2.45) is 0 Å². The van der Waals surface area contributed by atoms with E-state index in [0.717, 1.165) is 12.3 Å². The maximum atomic E-state index is 9.51. The number of nitrogens with one attached hydrogen (secondary N) is 1. The molecule has 1 aliphatic rings. The molecule has 0 radical (unpaired) electrons. The zero-order valence-electron chi connectivity index (χ0n) is 11.1. The molecule has 0 aliphatic heterocycles. The zero-order chi connectivity index (χ0) is 12.8. The van der Waals surface area contributed by atoms with Crippen molar-refractivity contribution in [3.8, 4) is 5.75 Å². The highest BCUT2D eigenvalue weighted by atomic mass is 16.5. The highest BCUT2D eigenvalue weighted by molar-refractivity contribution is 5.29. The molecule has 1 aliphatic carbocycles. The lowest BCUT2D eigenvalue weighted by Crippen LogP contribution is -2.31. The molecular weight excluding hydrogens is 226 g/mol. The number of hydrogen-bond acceptors (Lipinski definition) is 3. The second-order valence-corrected chi connectivity index (χ2v) is 5.04. The molecule has 100 valence electrons. The van der Waals surface area contributed by atoms with E-state index < -0.39 is 0 Å². The first-order chi connectivity index (χ1) is 8.83. The van der Waals surface area contributed by atoms with Crippen LogP contribution in [0.1, 0.15) is 37.2 Å². The Morgan fingerprint density at radius 1 is 1.28 bits per heavy atom. The number of methoxy groups -OCH3 is 1. The third-order valence-electron chi connectivity index (χ3n) is 3.82. The average molecular weight is 249 g/mol. The summed E-state index contributed by atoms with van der Waals surface area (Å²) < 4.78 is 5.15. The van der Waals surface area contributed by atoms with Crippen LogP contribution in [0.4, 0.5) is 0 Å². The van der Waals surface area contributed by atoms with Crippen LogP contribution in [-0.4, -0.2) is 31.4 Å². The van der Waals surface area contributed by atoms with Gasteiger partial charge in [0, 0.05) is 18.5 Å². The van der Waals surface area contributed by atoms with Crippen LogP contribution in [0, 0.1) is 0 Å². The van der Waals surface area contributed by atoms with Crippen molar-refractivity contribution in [2.75, 3.05) is 20.3 Å². The standard InChI is InChI=1S/C15H23NO2/c1-18-15-8-6-12(7-9-15)13(11-17)10-16-14-4-2-3-5-14/h6-9,13-14,16-17H,2-5,10-11H2,1H3. The fourth-order valence-corrected chi connectivity index (χ4v) is 2.60. The minimum absolute atomic E-state index is 0.177. The van der Waals surface area contributed by atoms with Gasteiger partial charge in [-0.25, -0.2) is 0 Å². The van der Waals surface area contributed by atoms with E-state index in [1.807, 2.05) is 24.3 Å². The van der Waals surface area contributed by atoms with Crippen molar-refractivity contribution < 1.29 is 9.84 Å². The molecular formula is C15H23NO2. The molecule has 1 saturated carbocycles. The molecule has 1 aromatic carbocycles. The van der Waals surface area contributed by atoms with Crippen LogP contribution < -0.4 is 10.1 Å². The third-order valence-corrected chi connectivity index (χ3v) is 3.82. The lowest BCUT2D eigenvalue weighted by molar-refractivity contribution is 0.258. The van der Waals surface area contributed by atoms with E-state index in [1.54, 1.807) is 7.11 Å². The number of rotatable bonds is 6. The van der Waals surface area contributed by atoms with Crippen LogP contribution in [0.15, 0.2) is 24.3 Å². The van der Waals surface area contributed by atoms with Crippen LogP contribution in [0.2, 0.25) is 0 Å². The first kappa shape index (κ1) is 13.4. The number of benzene rings is 1. The molecule has 18 heavy (non-hydrogen) atoms. The van der Waals surface area contributed by atoms with Gasteiger partial charge in [0.05, 0.1) is 13.7 Å². The molecule has 1 aromatic rings. The van der Waals surface area contributed by atoms with Crippen LogP contribution >= 0.6 is 0 Å². The van der Waals surface area contributed by atoms with Crippen molar-refractivity contribution in [1.29, 1.82) is 0 Å². The fourth-order valence-electron chi connectivity index (χ4n) is 2.60. The van der Waals surface area contributed by atoms with Crippen molar-refractivity contribution >= 4 is 0 Å². The van der Waals surface area contributed by atoms with Gasteiger partial charge in [-0.2, -0.15) is 0 Å². The largest absolute Gasteiger partial charge is 0.497 e. The minimum Gasteiger partial charge on any atom is -0.497 e. The number of aliphatic hydroxyl groups is 1. The molecule has 1 fully saturated rings. The Hall–Kier alpha value is -1.06. The van der Waals surface area contributed by atoms with Gasteiger partial charge in [0.15, 0.2) is 0 Å². The van der Waals surface area contributed by atoms with E-state index in [1.165, 1.54) is 31.2 Å². The predicted octanol–water partition coefficient (Wildman–Crippen LogP) is 2.30. The van der Waals surface area contributed by atoms with Gasteiger partial charge in [0.25, 0.3) is 0 Å². The number of hydrogen-bond donors (Lipinski definition) is 2. The van der Waals surface area contributed by atoms with Crippen LogP contribution in [-0.2, 0) is 0 Å². The zero-order valence-corrected chi connectivity index (χ0v) is 11.1. The first-order valence-corrected chi connectivity index (χ1v) is 6.81. The first-order valence-electron chi connectivity index (χ1n) is 6.81. The lowest BCUT2D eigenvalue weighted by atomic mass is 9.99. The predicted molar refractivity (Wildman–Crippen MR) is 73.1 cm³/mol. The molecule has 3 heteroatoms. The summed E-state index contributed by atoms with van der Waals surface area (Å²) in [6.45, 7) is 1.04. The Labute approximate surface area is 109 Å². The van der Waals surface area contributed by atoms with E-state index in [0.29, 0.717) is 6.04 Å². The van der Waals surface area contributed by atoms with Gasteiger partial charge in [0.2, 0.25) is 0 Å². The van der Waals surface area contributed by atoms with E-state index in [-0.39, 0.29) is 12.5 Å². The molecule has 0 heterocycles. The molecule has 2 rings (SSSR count). The summed E-state index contributed by atoms with van der Waals surface area (Å²) in [5.41, 5.74) is 1.17. The molecule has 0 spiro atoms. The van der Waals surface area contributed by atoms with E-state index in [4.69, 9.17) is 4.74 Å². The quantitative estimate of drug-likeness (QED) is 0.813. The Morgan fingerprint density at radius 2 is 1.94 bits per heavy atom. The highest BCUT2D eigenvalue weighted by Crippen LogP contribution is 2.21. The molecule has 1 atom stereocenters. The van der Waals surface area contributed by atoms with Crippen molar-refractivity contribution in [3.63, 3.8) is 0 Å². The van der Waals surface area contributed by atoms with Crippen molar-refractivity contribution in [3.05, 3.63) is 29.8 Å². The second kappa shape index (κ2) is 6.76. The third kappa shape index (κ3) is 3.47. The normalized spacial score (nSPS) is 17.9. The van der Waals surface area contributed by atoms with Crippen LogP contribution in [0.3, 0.4) is 0 Å². The van der Waals surface area contributed by atoms with Crippen LogP contribution in [0.5, 0.6) is 5.75 Å². The molecule has 1 unspecified atom stereocenters. The van der Waals surface area contributed by atoms with Gasteiger partial charge in [-0.15, -0.1) is 0 Å². The van der Waals surface area contributed by atoms with Gasteiger partial charge >= 0.3 is 0 Å². The summed E-state index contributed by atoms with van der Waals surface area (Å²) in [4.78, 5) is 0. The monoisotopic (exact) mass is 249 g/mol. The maximum Gasteiger partial charge on any atom is 0.118 e. The summed E-state index contributed by atoms with van der Waals surface area (Å²) >= 11 is 0. The van der Waals surface area contributed by atoms with E-state index in [2.05, 4.69) is 5.32 Å². The Balaban J connectivity index is 1.89. The Morgan fingerprint density at radius 3 is 2.50 bits per heavy atom. The molecule has 0 bridgehead atoms. The van der Waals surface area contributed by atoms with Gasteiger partial charge in [-0.1, -0.05) is 25.0 Å². The van der Waals surface area contributed by atoms with Gasteiger partial charge in [-0.3, -0.25) is 0 Å². The molecule has 0 aromatic heterocycles. The van der Waals surface area contributed by atoms with Crippen molar-refractivity contribution in [2.45, 2.75) is 37.6 Å². The molecule has 3 nitrogen and oxygen atoms in total. The summed E-state index contributed by atoms with van der Waals surface area (Å²) in [5.74, 6) is 1.04. The smallest absolute Gasteiger partial charge is 0.118 e. The van der Waals surface area contributed by atoms with Crippen molar-refractivity contribution in [1.82, 2.24) is 5.32 Å². The summed E-state index contributed by atoms with van der Waals surface area (Å²) in [5, 5.41) is 13.1. The molecule has 2 N–H and O–H groups in total. The van der Waals surface area contributed by atoms with E-state index in [9.17, 15) is 5.11 Å². The fraction of sp³-hybridized carbons (Fsp3) is 0.600. The average Bonchev–Trinajstić information content (AvgIpc) is 2.93. The molecule has 0 amide bonds. The summed E-state index contributed by atoms with van der Waals surface area (Å²) in [7, 11) is 1.67. The number of aliphatic hydroxyl groups excluding tert-OH is 1. The Bertz CT molecular complexity index is 344. The lowest BCUT2D eigenvalue weighted by Gasteiger charge is -2.19. The van der Waals surface area contributed by atoms with E-state index >= 15 is 0 Å². The summed E-state index contributed by atoms with van der Waals surface area (Å²) in [6.07, 6.45) is 5.23. The highest BCUT2D eigenvalue weighted by Gasteiger charge is 2.17. The van der Waals surface area contributed by atoms with Gasteiger partial charge < -0.3 is 15.2 Å². The van der Waals surface area contributed by atoms with Crippen LogP contribution in [0.25, 0.3) is 0 Å². The Kier molecular flexibility index (Phi) is 5.02. The number of ether oxygens (including phenoxy) is 1. The topological polar surface area (TPSA) is 41.5 Å². The van der Waals surface area contributed by atoms with Gasteiger partial charge in [0.1, 0.15) is 5.75 Å². The van der Waals surface area contributed by atoms with Gasteiger partial charge in [-0.05, 0) is 30.5 Å². The SMILES string of the molecule is COc1ccc(C(CO)CNC2CCCC2)cc1. The molecule has 0 saturated heterocycles. The summed E-state index contributed by atoms with van der Waals surface area (Å²) in [6, 6.07) is 8.63. The maximum absolute atomic E-state index is 9.51. The second-order valence-electron chi connectivity index (χ2n) is 5.04.